The Hall–Kier alpha value is -0.830. The summed E-state index contributed by atoms with van der Waals surface area (Å²) >= 11 is 0. The average molecular weight is 239 g/mol. The molecule has 17 heavy (non-hydrogen) atoms. The number of esters is 1. The molecule has 98 valence electrons. The van der Waals surface area contributed by atoms with E-state index in [1.54, 1.807) is 0 Å². The van der Waals surface area contributed by atoms with Crippen LogP contribution < -0.4 is 0 Å². The van der Waals surface area contributed by atoms with Gasteiger partial charge in [0, 0.05) is 18.7 Å². The monoisotopic (exact) mass is 239 g/mol. The molecule has 1 atom stereocenters. The molecule has 1 aliphatic rings. The number of hydrogen-bond donors (Lipinski definition) is 0. The van der Waals surface area contributed by atoms with Gasteiger partial charge in [0.25, 0.3) is 0 Å². The number of methoxy groups -OCH3 is 1. The summed E-state index contributed by atoms with van der Waals surface area (Å²) in [6, 6.07) is 0. The number of carbonyl (C=O) groups excluding carboxylic acids is 1. The van der Waals surface area contributed by atoms with Gasteiger partial charge in [0.15, 0.2) is 0 Å². The maximum Gasteiger partial charge on any atom is 0.333 e. The first-order chi connectivity index (χ1) is 8.21. The second kappa shape index (κ2) is 7.49. The minimum absolute atomic E-state index is 0.184. The SMILES string of the molecule is CCC(=CCN1CCCC(CC)C1)C(=O)OC. The van der Waals surface area contributed by atoms with E-state index in [4.69, 9.17) is 4.74 Å². The zero-order valence-corrected chi connectivity index (χ0v) is 11.4. The van der Waals surface area contributed by atoms with E-state index in [0.29, 0.717) is 0 Å². The number of carbonyl (C=O) groups is 1. The topological polar surface area (TPSA) is 29.5 Å². The molecule has 1 heterocycles. The van der Waals surface area contributed by atoms with Crippen molar-refractivity contribution >= 4 is 5.97 Å². The molecular formula is C14H25NO2. The van der Waals surface area contributed by atoms with Gasteiger partial charge in [-0.3, -0.25) is 4.90 Å². The molecule has 3 nitrogen and oxygen atoms in total. The number of rotatable bonds is 5. The minimum Gasteiger partial charge on any atom is -0.466 e. The number of nitrogens with zero attached hydrogens (tertiary/aromatic N) is 1. The molecule has 1 saturated heterocycles. The fourth-order valence-corrected chi connectivity index (χ4v) is 2.39. The van der Waals surface area contributed by atoms with Crippen LogP contribution in [-0.2, 0) is 9.53 Å². The summed E-state index contributed by atoms with van der Waals surface area (Å²) in [5.41, 5.74) is 0.797. The molecule has 0 aromatic rings. The predicted molar refractivity (Wildman–Crippen MR) is 69.8 cm³/mol. The summed E-state index contributed by atoms with van der Waals surface area (Å²) < 4.78 is 4.76. The minimum atomic E-state index is -0.184. The van der Waals surface area contributed by atoms with Crippen LogP contribution in [0.15, 0.2) is 11.6 Å². The molecule has 0 N–H and O–H groups in total. The van der Waals surface area contributed by atoms with E-state index in [0.717, 1.165) is 31.0 Å². The van der Waals surface area contributed by atoms with Crippen LogP contribution in [0.3, 0.4) is 0 Å². The van der Waals surface area contributed by atoms with Crippen molar-refractivity contribution in [3.05, 3.63) is 11.6 Å². The molecule has 0 bridgehead atoms. The Labute approximate surface area is 105 Å². The van der Waals surface area contributed by atoms with Crippen LogP contribution >= 0.6 is 0 Å². The highest BCUT2D eigenvalue weighted by Crippen LogP contribution is 2.19. The van der Waals surface area contributed by atoms with Gasteiger partial charge in [0.05, 0.1) is 7.11 Å². The van der Waals surface area contributed by atoms with E-state index in [1.165, 1.54) is 32.9 Å². The first-order valence-electron chi connectivity index (χ1n) is 6.70. The fourth-order valence-electron chi connectivity index (χ4n) is 2.39. The van der Waals surface area contributed by atoms with Crippen molar-refractivity contribution in [2.75, 3.05) is 26.7 Å². The maximum atomic E-state index is 11.4. The average Bonchev–Trinajstić information content (AvgIpc) is 2.39. The van der Waals surface area contributed by atoms with Crippen LogP contribution in [-0.4, -0.2) is 37.6 Å². The van der Waals surface area contributed by atoms with Crippen LogP contribution in [0.5, 0.6) is 0 Å². The molecule has 0 aromatic carbocycles. The van der Waals surface area contributed by atoms with Crippen molar-refractivity contribution in [2.45, 2.75) is 39.5 Å². The highest BCUT2D eigenvalue weighted by atomic mass is 16.5. The second-order valence-electron chi connectivity index (χ2n) is 4.75. The lowest BCUT2D eigenvalue weighted by molar-refractivity contribution is -0.136. The molecule has 0 aliphatic carbocycles. The van der Waals surface area contributed by atoms with E-state index >= 15 is 0 Å². The Kier molecular flexibility index (Phi) is 6.27. The molecule has 0 saturated carbocycles. The Morgan fingerprint density at radius 3 is 2.82 bits per heavy atom. The van der Waals surface area contributed by atoms with Crippen LogP contribution in [0, 0.1) is 5.92 Å². The number of ether oxygens (including phenoxy) is 1. The highest BCUT2D eigenvalue weighted by molar-refractivity contribution is 5.88. The van der Waals surface area contributed by atoms with Gasteiger partial charge in [-0.15, -0.1) is 0 Å². The van der Waals surface area contributed by atoms with E-state index in [2.05, 4.69) is 11.8 Å². The Morgan fingerprint density at radius 2 is 2.24 bits per heavy atom. The van der Waals surface area contributed by atoms with Crippen LogP contribution in [0.1, 0.15) is 39.5 Å². The highest BCUT2D eigenvalue weighted by Gasteiger charge is 2.17. The van der Waals surface area contributed by atoms with E-state index in [1.807, 2.05) is 13.0 Å². The lowest BCUT2D eigenvalue weighted by Gasteiger charge is -2.31. The largest absolute Gasteiger partial charge is 0.466 e. The second-order valence-corrected chi connectivity index (χ2v) is 4.75. The Morgan fingerprint density at radius 1 is 1.47 bits per heavy atom. The number of piperidine rings is 1. The van der Waals surface area contributed by atoms with Crippen molar-refractivity contribution in [2.24, 2.45) is 5.92 Å². The van der Waals surface area contributed by atoms with Crippen molar-refractivity contribution < 1.29 is 9.53 Å². The summed E-state index contributed by atoms with van der Waals surface area (Å²) in [5, 5.41) is 0. The predicted octanol–water partition coefficient (Wildman–Crippen LogP) is 2.62. The lowest BCUT2D eigenvalue weighted by Crippen LogP contribution is -2.35. The van der Waals surface area contributed by atoms with Gasteiger partial charge in [-0.2, -0.15) is 0 Å². The number of hydrogen-bond acceptors (Lipinski definition) is 3. The summed E-state index contributed by atoms with van der Waals surface area (Å²) in [4.78, 5) is 13.9. The van der Waals surface area contributed by atoms with Gasteiger partial charge in [-0.1, -0.05) is 26.3 Å². The molecule has 1 fully saturated rings. The summed E-state index contributed by atoms with van der Waals surface area (Å²) in [5.74, 6) is 0.650. The molecule has 3 heteroatoms. The van der Waals surface area contributed by atoms with Gasteiger partial charge in [0.1, 0.15) is 0 Å². The van der Waals surface area contributed by atoms with Gasteiger partial charge < -0.3 is 4.74 Å². The first-order valence-corrected chi connectivity index (χ1v) is 6.70. The van der Waals surface area contributed by atoms with Crippen LogP contribution in [0.4, 0.5) is 0 Å². The van der Waals surface area contributed by atoms with Gasteiger partial charge in [-0.05, 0) is 31.7 Å². The molecule has 1 rings (SSSR count). The Bertz CT molecular complexity index is 273. The molecule has 1 unspecified atom stereocenters. The molecule has 0 amide bonds. The quantitative estimate of drug-likeness (QED) is 0.545. The molecule has 0 aromatic heterocycles. The van der Waals surface area contributed by atoms with E-state index < -0.39 is 0 Å². The van der Waals surface area contributed by atoms with Crippen molar-refractivity contribution in [1.29, 1.82) is 0 Å². The molecular weight excluding hydrogens is 214 g/mol. The summed E-state index contributed by atoms with van der Waals surface area (Å²) in [6.07, 6.45) is 6.68. The third-order valence-electron chi connectivity index (χ3n) is 3.60. The van der Waals surface area contributed by atoms with Crippen molar-refractivity contribution in [1.82, 2.24) is 4.90 Å². The smallest absolute Gasteiger partial charge is 0.333 e. The maximum absolute atomic E-state index is 11.4. The third kappa shape index (κ3) is 4.50. The zero-order valence-electron chi connectivity index (χ0n) is 11.4. The normalized spacial score (nSPS) is 22.5. The van der Waals surface area contributed by atoms with E-state index in [9.17, 15) is 4.79 Å². The standard InChI is InChI=1S/C14H25NO2/c1-4-12-7-6-9-15(11-12)10-8-13(5-2)14(16)17-3/h8,12H,4-7,9-11H2,1-3H3. The molecule has 1 aliphatic heterocycles. The van der Waals surface area contributed by atoms with Gasteiger partial charge in [-0.25, -0.2) is 4.79 Å². The van der Waals surface area contributed by atoms with Crippen molar-refractivity contribution in [3.8, 4) is 0 Å². The van der Waals surface area contributed by atoms with Crippen LogP contribution in [0.2, 0.25) is 0 Å². The summed E-state index contributed by atoms with van der Waals surface area (Å²) in [6.45, 7) is 7.47. The van der Waals surface area contributed by atoms with Gasteiger partial charge in [0.2, 0.25) is 0 Å². The molecule has 0 spiro atoms. The molecule has 0 radical (unpaired) electrons. The summed E-state index contributed by atoms with van der Waals surface area (Å²) in [7, 11) is 1.44. The fraction of sp³-hybridized carbons (Fsp3) is 0.786. The zero-order chi connectivity index (χ0) is 12.7. The van der Waals surface area contributed by atoms with E-state index in [-0.39, 0.29) is 5.97 Å². The third-order valence-corrected chi connectivity index (χ3v) is 3.60. The Balaban J connectivity index is 2.47. The first kappa shape index (κ1) is 14.2. The van der Waals surface area contributed by atoms with Gasteiger partial charge >= 0.3 is 5.97 Å². The number of likely N-dealkylation sites (tertiary alicyclic amines) is 1. The van der Waals surface area contributed by atoms with Crippen molar-refractivity contribution in [3.63, 3.8) is 0 Å². The lowest BCUT2D eigenvalue weighted by atomic mass is 9.95. The van der Waals surface area contributed by atoms with Crippen LogP contribution in [0.25, 0.3) is 0 Å².